The lowest BCUT2D eigenvalue weighted by atomic mass is 10.1. The summed E-state index contributed by atoms with van der Waals surface area (Å²) in [6.45, 7) is 11.4. The highest BCUT2D eigenvalue weighted by Gasteiger charge is 2.14. The van der Waals surface area contributed by atoms with Crippen molar-refractivity contribution >= 4 is 23.9 Å². The minimum Gasteiger partial charge on any atom is -0.378 e. The highest BCUT2D eigenvalue weighted by Crippen LogP contribution is 2.19. The van der Waals surface area contributed by atoms with Crippen molar-refractivity contribution in [2.24, 2.45) is 0 Å². The average molecular weight is 449 g/mol. The average Bonchev–Trinajstić information content (AvgIpc) is 3.16. The number of morpholine rings is 1. The SMILES string of the molecule is C=c1[nH]c(-c2ccc(NC(=O)Cc3cc(C)cc(F)n3)cc2)c/c1=C(/CC)N1CCOCC1. The van der Waals surface area contributed by atoms with Crippen LogP contribution in [0.15, 0.2) is 42.5 Å². The van der Waals surface area contributed by atoms with Crippen LogP contribution in [0, 0.1) is 12.9 Å². The molecule has 2 N–H and O–H groups in total. The van der Waals surface area contributed by atoms with Crippen molar-refractivity contribution < 1.29 is 13.9 Å². The predicted octanol–water partition coefficient (Wildman–Crippen LogP) is 2.97. The molecule has 172 valence electrons. The number of aromatic amines is 1. The van der Waals surface area contributed by atoms with E-state index in [0.29, 0.717) is 11.4 Å². The molecule has 0 bridgehead atoms. The third kappa shape index (κ3) is 5.49. The molecule has 1 aliphatic rings. The molecule has 6 nitrogen and oxygen atoms in total. The van der Waals surface area contributed by atoms with Crippen molar-refractivity contribution in [3.05, 3.63) is 70.2 Å². The van der Waals surface area contributed by atoms with Gasteiger partial charge in [0.05, 0.1) is 25.3 Å². The molecule has 0 atom stereocenters. The fraction of sp³-hybridized carbons (Fsp3) is 0.308. The number of carbonyl (C=O) groups is 1. The standard InChI is InChI=1S/C26H29FN4O2/c1-4-24(31-9-11-33-12-10-31)22-16-23(28-18(22)3)19-5-7-20(8-6-19)30-26(32)15-21-13-17(2)14-25(27)29-21/h5-8,13-14,16,28H,3-4,9-12,15H2,1-2H3,(H,30,32)/b24-22+. The summed E-state index contributed by atoms with van der Waals surface area (Å²) in [5.41, 5.74) is 5.08. The number of nitrogens with one attached hydrogen (secondary N) is 2. The van der Waals surface area contributed by atoms with Gasteiger partial charge >= 0.3 is 0 Å². The number of H-pyrrole nitrogens is 1. The molecule has 33 heavy (non-hydrogen) atoms. The van der Waals surface area contributed by atoms with Crippen molar-refractivity contribution in [3.8, 4) is 11.3 Å². The number of anilines is 1. The Morgan fingerprint density at radius 2 is 1.94 bits per heavy atom. The maximum absolute atomic E-state index is 13.5. The van der Waals surface area contributed by atoms with Crippen LogP contribution in [0.3, 0.4) is 0 Å². The lowest BCUT2D eigenvalue weighted by Gasteiger charge is -2.30. The number of carbonyl (C=O) groups excluding carboxylic acids is 1. The van der Waals surface area contributed by atoms with E-state index in [0.717, 1.165) is 60.1 Å². The molecule has 3 heterocycles. The molecule has 0 aliphatic carbocycles. The molecule has 7 heteroatoms. The van der Waals surface area contributed by atoms with Crippen LogP contribution in [0.2, 0.25) is 0 Å². The molecule has 1 aliphatic heterocycles. The third-order valence-electron chi connectivity index (χ3n) is 5.75. The first kappa shape index (κ1) is 22.7. The van der Waals surface area contributed by atoms with Crippen LogP contribution in [-0.2, 0) is 16.0 Å². The van der Waals surface area contributed by atoms with E-state index in [1.54, 1.807) is 13.0 Å². The molecule has 0 radical (unpaired) electrons. The first-order valence-electron chi connectivity index (χ1n) is 11.2. The number of hydrogen-bond acceptors (Lipinski definition) is 4. The third-order valence-corrected chi connectivity index (χ3v) is 5.75. The van der Waals surface area contributed by atoms with Crippen LogP contribution in [0.4, 0.5) is 10.1 Å². The smallest absolute Gasteiger partial charge is 0.230 e. The van der Waals surface area contributed by atoms with Gasteiger partial charge in [-0.1, -0.05) is 25.6 Å². The first-order chi connectivity index (χ1) is 15.9. The zero-order valence-electron chi connectivity index (χ0n) is 19.1. The summed E-state index contributed by atoms with van der Waals surface area (Å²) in [6.07, 6.45) is 0.937. The first-order valence-corrected chi connectivity index (χ1v) is 11.2. The summed E-state index contributed by atoms with van der Waals surface area (Å²) in [5, 5.41) is 4.87. The molecule has 0 unspecified atom stereocenters. The Bertz CT molecular complexity index is 1220. The number of pyridine rings is 1. The van der Waals surface area contributed by atoms with Crippen LogP contribution < -0.4 is 15.9 Å². The highest BCUT2D eigenvalue weighted by molar-refractivity contribution is 5.92. The zero-order valence-corrected chi connectivity index (χ0v) is 19.1. The van der Waals surface area contributed by atoms with Gasteiger partial charge in [-0.15, -0.1) is 0 Å². The summed E-state index contributed by atoms with van der Waals surface area (Å²) in [7, 11) is 0. The second-order valence-electron chi connectivity index (χ2n) is 8.24. The molecule has 4 rings (SSSR count). The van der Waals surface area contributed by atoms with Gasteiger partial charge in [0, 0.05) is 40.7 Å². The number of aryl methyl sites for hydroxylation is 1. The quantitative estimate of drug-likeness (QED) is 0.569. The molecule has 1 saturated heterocycles. The van der Waals surface area contributed by atoms with E-state index in [-0.39, 0.29) is 12.3 Å². The van der Waals surface area contributed by atoms with Crippen molar-refractivity contribution in [3.63, 3.8) is 0 Å². The largest absolute Gasteiger partial charge is 0.378 e. The van der Waals surface area contributed by atoms with Crippen molar-refractivity contribution in [2.75, 3.05) is 31.6 Å². The Hall–Kier alpha value is -3.45. The molecule has 0 spiro atoms. The summed E-state index contributed by atoms with van der Waals surface area (Å²) < 4.78 is 18.9. The Morgan fingerprint density at radius 3 is 2.61 bits per heavy atom. The number of benzene rings is 1. The molecule has 3 aromatic rings. The van der Waals surface area contributed by atoms with Crippen LogP contribution in [-0.4, -0.2) is 47.1 Å². The predicted molar refractivity (Wildman–Crippen MR) is 128 cm³/mol. The monoisotopic (exact) mass is 448 g/mol. The van der Waals surface area contributed by atoms with Gasteiger partial charge in [-0.05, 0) is 54.8 Å². The van der Waals surface area contributed by atoms with Crippen molar-refractivity contribution in [1.82, 2.24) is 14.9 Å². The second kappa shape index (κ2) is 10.0. The maximum atomic E-state index is 13.5. The van der Waals surface area contributed by atoms with Crippen LogP contribution >= 0.6 is 0 Å². The van der Waals surface area contributed by atoms with Gasteiger partial charge in [-0.2, -0.15) is 4.39 Å². The van der Waals surface area contributed by atoms with Gasteiger partial charge in [-0.3, -0.25) is 4.79 Å². The van der Waals surface area contributed by atoms with E-state index in [2.05, 4.69) is 39.8 Å². The summed E-state index contributed by atoms with van der Waals surface area (Å²) in [5.74, 6) is -0.815. The molecule has 1 amide bonds. The molecule has 0 saturated carbocycles. The van der Waals surface area contributed by atoms with Crippen molar-refractivity contribution in [2.45, 2.75) is 26.7 Å². The van der Waals surface area contributed by atoms with E-state index in [9.17, 15) is 9.18 Å². The van der Waals surface area contributed by atoms with Crippen LogP contribution in [0.5, 0.6) is 0 Å². The van der Waals surface area contributed by atoms with Gasteiger partial charge in [-0.25, -0.2) is 4.98 Å². The fourth-order valence-corrected chi connectivity index (χ4v) is 4.22. The summed E-state index contributed by atoms with van der Waals surface area (Å²) in [4.78, 5) is 21.9. The molecule has 2 aromatic heterocycles. The lowest BCUT2D eigenvalue weighted by Crippen LogP contribution is -2.39. The molecular formula is C26H29FN4O2. The number of hydrogen-bond donors (Lipinski definition) is 2. The Labute approximate surface area is 192 Å². The fourth-order valence-electron chi connectivity index (χ4n) is 4.22. The molecule has 1 aromatic carbocycles. The Balaban J connectivity index is 1.49. The van der Waals surface area contributed by atoms with Gasteiger partial charge in [0.1, 0.15) is 0 Å². The Kier molecular flexibility index (Phi) is 6.89. The number of aromatic nitrogens is 2. The van der Waals surface area contributed by atoms with Crippen LogP contribution in [0.1, 0.15) is 24.6 Å². The number of ether oxygens (including phenoxy) is 1. The van der Waals surface area contributed by atoms with E-state index < -0.39 is 5.95 Å². The number of halogens is 1. The van der Waals surface area contributed by atoms with E-state index in [4.69, 9.17) is 4.74 Å². The molecule has 1 fully saturated rings. The minimum absolute atomic E-state index is 0.0162. The number of amides is 1. The van der Waals surface area contributed by atoms with Crippen molar-refractivity contribution in [1.29, 1.82) is 0 Å². The normalized spacial score (nSPS) is 14.8. The van der Waals surface area contributed by atoms with E-state index in [1.807, 2.05) is 24.3 Å². The second-order valence-corrected chi connectivity index (χ2v) is 8.24. The highest BCUT2D eigenvalue weighted by atomic mass is 19.1. The van der Waals surface area contributed by atoms with E-state index >= 15 is 0 Å². The summed E-state index contributed by atoms with van der Waals surface area (Å²) in [6, 6.07) is 12.8. The van der Waals surface area contributed by atoms with Gasteiger partial charge in [0.15, 0.2) is 0 Å². The summed E-state index contributed by atoms with van der Waals surface area (Å²) >= 11 is 0. The number of rotatable bonds is 6. The van der Waals surface area contributed by atoms with Gasteiger partial charge in [0.25, 0.3) is 0 Å². The van der Waals surface area contributed by atoms with Gasteiger partial charge in [0.2, 0.25) is 11.9 Å². The van der Waals surface area contributed by atoms with Gasteiger partial charge < -0.3 is 19.9 Å². The maximum Gasteiger partial charge on any atom is 0.230 e. The molecular weight excluding hydrogens is 419 g/mol. The Morgan fingerprint density at radius 1 is 1.21 bits per heavy atom. The van der Waals surface area contributed by atoms with E-state index in [1.165, 1.54) is 11.8 Å². The minimum atomic E-state index is -0.575. The topological polar surface area (TPSA) is 70.2 Å². The lowest BCUT2D eigenvalue weighted by molar-refractivity contribution is -0.115. The zero-order chi connectivity index (χ0) is 23.4. The van der Waals surface area contributed by atoms with Crippen LogP contribution in [0.25, 0.3) is 23.5 Å². The number of nitrogens with zero attached hydrogens (tertiary/aromatic N) is 2.